The van der Waals surface area contributed by atoms with E-state index in [0.29, 0.717) is 13.1 Å². The molecular formula is C3H4ClFIN. The Hall–Kier alpha value is 0.910. The van der Waals surface area contributed by atoms with Crippen molar-refractivity contribution in [3.8, 4) is 0 Å². The quantitative estimate of drug-likeness (QED) is 0.350. The van der Waals surface area contributed by atoms with Crippen LogP contribution in [0.3, 0.4) is 0 Å². The molecule has 1 aliphatic rings. The minimum absolute atomic E-state index is 0.356. The molecule has 0 saturated carbocycles. The molecule has 0 amide bonds. The summed E-state index contributed by atoms with van der Waals surface area (Å²) in [6.45, 7) is 0.713. The summed E-state index contributed by atoms with van der Waals surface area (Å²) in [7, 11) is 0. The fourth-order valence-corrected chi connectivity index (χ4v) is 2.06. The van der Waals surface area contributed by atoms with Gasteiger partial charge in [-0.05, 0) is 34.4 Å². The van der Waals surface area contributed by atoms with Gasteiger partial charge in [-0.15, -0.1) is 0 Å². The van der Waals surface area contributed by atoms with Crippen LogP contribution in [0.5, 0.6) is 0 Å². The van der Waals surface area contributed by atoms with Crippen LogP contribution in [0, 0.1) is 0 Å². The van der Waals surface area contributed by atoms with Crippen molar-refractivity contribution in [3.05, 3.63) is 0 Å². The van der Waals surface area contributed by atoms with E-state index >= 15 is 0 Å². The van der Waals surface area contributed by atoms with Crippen LogP contribution in [0.15, 0.2) is 0 Å². The highest BCUT2D eigenvalue weighted by Crippen LogP contribution is 2.32. The standard InChI is InChI=1S/C3H4ClFIN/c4-7-1-3(5,6)2-7/h1-2H2. The van der Waals surface area contributed by atoms with Crippen LogP contribution in [-0.4, -0.2) is 21.2 Å². The van der Waals surface area contributed by atoms with Gasteiger partial charge in [-0.2, -0.15) is 0 Å². The summed E-state index contributed by atoms with van der Waals surface area (Å²) in [6.07, 6.45) is 0. The first-order chi connectivity index (χ1) is 3.10. The minimum atomic E-state index is -1.04. The maximum atomic E-state index is 12.3. The Bertz CT molecular complexity index is 79.0. The molecule has 1 aliphatic heterocycles. The highest BCUT2D eigenvalue weighted by Gasteiger charge is 2.39. The van der Waals surface area contributed by atoms with Gasteiger partial charge in [-0.3, -0.25) is 0 Å². The van der Waals surface area contributed by atoms with Gasteiger partial charge in [0.05, 0.1) is 13.1 Å². The van der Waals surface area contributed by atoms with Gasteiger partial charge >= 0.3 is 0 Å². The summed E-state index contributed by atoms with van der Waals surface area (Å²) in [4.78, 5) is 0. The molecule has 1 rings (SSSR count). The smallest absolute Gasteiger partial charge is 0.188 e. The summed E-state index contributed by atoms with van der Waals surface area (Å²) in [5.41, 5.74) is 0. The Kier molecular flexibility index (Phi) is 1.47. The lowest BCUT2D eigenvalue weighted by atomic mass is 10.3. The van der Waals surface area contributed by atoms with E-state index in [1.54, 1.807) is 22.6 Å². The van der Waals surface area contributed by atoms with Gasteiger partial charge in [0.15, 0.2) is 3.68 Å². The average Bonchev–Trinajstić information content (AvgIpc) is 1.27. The lowest BCUT2D eigenvalue weighted by Gasteiger charge is -2.34. The molecule has 0 bridgehead atoms. The van der Waals surface area contributed by atoms with E-state index in [1.165, 1.54) is 4.42 Å². The minimum Gasteiger partial charge on any atom is -0.229 e. The molecule has 0 spiro atoms. The van der Waals surface area contributed by atoms with Gasteiger partial charge < -0.3 is 0 Å². The van der Waals surface area contributed by atoms with Gasteiger partial charge in [-0.25, -0.2) is 8.81 Å². The summed E-state index contributed by atoms with van der Waals surface area (Å²) in [5, 5.41) is 0. The van der Waals surface area contributed by atoms with E-state index < -0.39 is 3.68 Å². The number of rotatable bonds is 0. The summed E-state index contributed by atoms with van der Waals surface area (Å²) >= 11 is 7.07. The summed E-state index contributed by atoms with van der Waals surface area (Å²) in [5.74, 6) is 0. The second-order valence-electron chi connectivity index (χ2n) is 1.63. The van der Waals surface area contributed by atoms with Gasteiger partial charge in [0.2, 0.25) is 0 Å². The predicted molar refractivity (Wildman–Crippen MR) is 35.3 cm³/mol. The Morgan fingerprint density at radius 2 is 2.14 bits per heavy atom. The third kappa shape index (κ3) is 1.40. The Balaban J connectivity index is 2.29. The zero-order valence-corrected chi connectivity index (χ0v) is 6.41. The van der Waals surface area contributed by atoms with Gasteiger partial charge in [0.25, 0.3) is 0 Å². The lowest BCUT2D eigenvalue weighted by molar-refractivity contribution is 0.129. The molecule has 0 aromatic carbocycles. The normalized spacial score (nSPS) is 29.6. The third-order valence-electron chi connectivity index (χ3n) is 0.806. The maximum Gasteiger partial charge on any atom is 0.188 e. The summed E-state index contributed by atoms with van der Waals surface area (Å²) in [6, 6.07) is 0. The van der Waals surface area contributed by atoms with E-state index in [4.69, 9.17) is 11.8 Å². The molecule has 0 atom stereocenters. The number of nitrogens with zero attached hydrogens (tertiary/aromatic N) is 1. The number of hydrogen-bond donors (Lipinski definition) is 0. The van der Waals surface area contributed by atoms with Crippen molar-refractivity contribution in [1.82, 2.24) is 4.42 Å². The molecule has 1 fully saturated rings. The van der Waals surface area contributed by atoms with Crippen LogP contribution < -0.4 is 0 Å². The lowest BCUT2D eigenvalue weighted by Crippen LogP contribution is -2.49. The average molecular weight is 235 g/mol. The largest absolute Gasteiger partial charge is 0.229 e. The van der Waals surface area contributed by atoms with Crippen LogP contribution in [0.4, 0.5) is 4.39 Å². The van der Waals surface area contributed by atoms with Crippen LogP contribution in [0.2, 0.25) is 0 Å². The number of hydrogen-bond acceptors (Lipinski definition) is 1. The topological polar surface area (TPSA) is 3.24 Å². The van der Waals surface area contributed by atoms with Crippen molar-refractivity contribution in [2.45, 2.75) is 3.68 Å². The van der Waals surface area contributed by atoms with Gasteiger partial charge in [-0.1, -0.05) is 0 Å². The second-order valence-corrected chi connectivity index (χ2v) is 4.05. The first-order valence-electron chi connectivity index (χ1n) is 1.89. The fourth-order valence-electron chi connectivity index (χ4n) is 0.456. The van der Waals surface area contributed by atoms with Crippen molar-refractivity contribution >= 4 is 34.4 Å². The fraction of sp³-hybridized carbons (Fsp3) is 1.00. The second kappa shape index (κ2) is 1.70. The van der Waals surface area contributed by atoms with Crippen molar-refractivity contribution in [2.75, 3.05) is 13.1 Å². The van der Waals surface area contributed by atoms with E-state index in [-0.39, 0.29) is 0 Å². The molecule has 42 valence electrons. The first-order valence-corrected chi connectivity index (χ1v) is 3.30. The highest BCUT2D eigenvalue weighted by molar-refractivity contribution is 14.1. The first kappa shape index (κ1) is 6.04. The monoisotopic (exact) mass is 235 g/mol. The Labute approximate surface area is 60.1 Å². The SMILES string of the molecule is FC1(I)CN(Cl)C1. The molecule has 0 radical (unpaired) electrons. The van der Waals surface area contributed by atoms with Crippen LogP contribution in [0.1, 0.15) is 0 Å². The third-order valence-corrected chi connectivity index (χ3v) is 1.73. The summed E-state index contributed by atoms with van der Waals surface area (Å²) < 4.78 is 12.7. The highest BCUT2D eigenvalue weighted by atomic mass is 127. The number of alkyl halides is 2. The Morgan fingerprint density at radius 3 is 2.14 bits per heavy atom. The molecule has 1 nitrogen and oxygen atoms in total. The van der Waals surface area contributed by atoms with Crippen LogP contribution in [-0.2, 0) is 0 Å². The predicted octanol–water partition coefficient (Wildman–Crippen LogP) is 1.56. The molecular weight excluding hydrogens is 231 g/mol. The van der Waals surface area contributed by atoms with Gasteiger partial charge in [0, 0.05) is 0 Å². The maximum absolute atomic E-state index is 12.3. The number of halogens is 3. The molecule has 1 saturated heterocycles. The zero-order valence-electron chi connectivity index (χ0n) is 3.50. The van der Waals surface area contributed by atoms with Crippen molar-refractivity contribution in [1.29, 1.82) is 0 Å². The molecule has 7 heavy (non-hydrogen) atoms. The van der Waals surface area contributed by atoms with Gasteiger partial charge in [0.1, 0.15) is 0 Å². The molecule has 0 aliphatic carbocycles. The van der Waals surface area contributed by atoms with E-state index in [1.807, 2.05) is 0 Å². The molecule has 1 heterocycles. The zero-order chi connectivity index (χ0) is 5.49. The Morgan fingerprint density at radius 1 is 1.71 bits per heavy atom. The van der Waals surface area contributed by atoms with Crippen molar-refractivity contribution in [3.63, 3.8) is 0 Å². The van der Waals surface area contributed by atoms with Crippen LogP contribution >= 0.6 is 34.4 Å². The van der Waals surface area contributed by atoms with Crippen LogP contribution in [0.25, 0.3) is 0 Å². The molecule has 0 aromatic rings. The molecule has 4 heteroatoms. The molecule has 0 N–H and O–H groups in total. The van der Waals surface area contributed by atoms with Crippen molar-refractivity contribution in [2.24, 2.45) is 0 Å². The van der Waals surface area contributed by atoms with Crippen molar-refractivity contribution < 1.29 is 4.39 Å². The van der Waals surface area contributed by atoms with E-state index in [2.05, 4.69) is 0 Å². The molecule has 0 unspecified atom stereocenters. The van der Waals surface area contributed by atoms with E-state index in [0.717, 1.165) is 0 Å². The molecule has 0 aromatic heterocycles. The van der Waals surface area contributed by atoms with E-state index in [9.17, 15) is 4.39 Å².